The zero-order valence-electron chi connectivity index (χ0n) is 50.3. The second kappa shape index (κ2) is 64.3. The van der Waals surface area contributed by atoms with Crippen LogP contribution in [0.4, 0.5) is 0 Å². The van der Waals surface area contributed by atoms with Crippen LogP contribution < -0.4 is 5.32 Å². The summed E-state index contributed by atoms with van der Waals surface area (Å²) >= 11 is 0. The normalized spacial score (nSPS) is 12.9. The maximum atomic E-state index is 12.4. The van der Waals surface area contributed by atoms with Gasteiger partial charge >= 0.3 is 5.97 Å². The van der Waals surface area contributed by atoms with Crippen molar-refractivity contribution in [2.24, 2.45) is 0 Å². The Morgan fingerprint density at radius 1 is 0.373 bits per heavy atom. The molecule has 1 amide bonds. The molecule has 0 radical (unpaired) electrons. The monoisotopic (exact) mass is 1050 g/mol. The Morgan fingerprint density at radius 3 is 1.03 bits per heavy atom. The van der Waals surface area contributed by atoms with Crippen LogP contribution in [-0.2, 0) is 14.3 Å². The summed E-state index contributed by atoms with van der Waals surface area (Å²) in [5, 5.41) is 23.1. The Labute approximate surface area is 467 Å². The van der Waals surface area contributed by atoms with Gasteiger partial charge in [0, 0.05) is 12.8 Å². The van der Waals surface area contributed by atoms with E-state index in [0.29, 0.717) is 25.9 Å². The lowest BCUT2D eigenvalue weighted by Crippen LogP contribution is -2.45. The van der Waals surface area contributed by atoms with Crippen LogP contribution in [0.3, 0.4) is 0 Å². The third kappa shape index (κ3) is 60.9. The fourth-order valence-corrected chi connectivity index (χ4v) is 10.2. The molecule has 0 aliphatic carbocycles. The summed E-state index contributed by atoms with van der Waals surface area (Å²) in [6.07, 6.45) is 83.0. The lowest BCUT2D eigenvalue weighted by Gasteiger charge is -2.22. The van der Waals surface area contributed by atoms with Gasteiger partial charge in [0.2, 0.25) is 5.91 Å². The Bertz CT molecular complexity index is 1260. The van der Waals surface area contributed by atoms with E-state index < -0.39 is 12.1 Å². The molecular weight excluding hydrogens is 923 g/mol. The van der Waals surface area contributed by atoms with E-state index in [2.05, 4.69) is 67.8 Å². The van der Waals surface area contributed by atoms with Gasteiger partial charge in [-0.25, -0.2) is 0 Å². The first-order chi connectivity index (χ1) is 37.0. The topological polar surface area (TPSA) is 95.9 Å². The molecule has 2 unspecified atom stereocenters. The molecule has 75 heavy (non-hydrogen) atoms. The molecule has 3 N–H and O–H groups in total. The molecule has 0 fully saturated rings. The van der Waals surface area contributed by atoms with Crippen molar-refractivity contribution < 1.29 is 24.5 Å². The molecule has 0 spiro atoms. The summed E-state index contributed by atoms with van der Waals surface area (Å²) in [6.45, 7) is 4.92. The molecule has 0 aromatic carbocycles. The van der Waals surface area contributed by atoms with Crippen molar-refractivity contribution in [1.82, 2.24) is 5.32 Å². The molecule has 0 aromatic rings. The largest absolute Gasteiger partial charge is 0.466 e. The predicted octanol–water partition coefficient (Wildman–Crippen LogP) is 21.3. The van der Waals surface area contributed by atoms with Gasteiger partial charge in [-0.05, 0) is 89.9 Å². The van der Waals surface area contributed by atoms with Crippen LogP contribution in [0.5, 0.6) is 0 Å². The maximum absolute atomic E-state index is 12.4. The van der Waals surface area contributed by atoms with Crippen molar-refractivity contribution >= 4 is 11.9 Å². The number of aliphatic hydroxyl groups is 2. The number of hydrogen-bond donors (Lipinski definition) is 3. The number of esters is 1. The number of nitrogens with one attached hydrogen (secondary N) is 1. The van der Waals surface area contributed by atoms with Gasteiger partial charge in [-0.2, -0.15) is 0 Å². The summed E-state index contributed by atoms with van der Waals surface area (Å²) in [4.78, 5) is 24.5. The molecule has 2 atom stereocenters. The van der Waals surface area contributed by atoms with Crippen molar-refractivity contribution in [3.05, 3.63) is 48.6 Å². The van der Waals surface area contributed by atoms with Crippen LogP contribution in [0.1, 0.15) is 354 Å². The van der Waals surface area contributed by atoms with Crippen LogP contribution in [0, 0.1) is 0 Å². The molecular formula is C69H129NO5. The van der Waals surface area contributed by atoms with E-state index >= 15 is 0 Å². The number of amides is 1. The predicted molar refractivity (Wildman–Crippen MR) is 329 cm³/mol. The highest BCUT2D eigenvalue weighted by Gasteiger charge is 2.20. The van der Waals surface area contributed by atoms with Crippen LogP contribution in [0.2, 0.25) is 0 Å². The summed E-state index contributed by atoms with van der Waals surface area (Å²) in [6, 6.07) is -0.539. The van der Waals surface area contributed by atoms with Gasteiger partial charge in [-0.15, -0.1) is 0 Å². The molecule has 0 aliphatic heterocycles. The number of carbonyl (C=O) groups excluding carboxylic acids is 2. The van der Waals surface area contributed by atoms with Gasteiger partial charge in [0.15, 0.2) is 0 Å². The SMILES string of the molecule is CCCCCC/C=C\C/C=C\CCCCCCCCCC(=O)OCCCCCCCCCCC/C=C\C/C=C\CCCCCCCCCCCCCCCCCC(=O)NC(CO)C(O)CCCCCCCCCCC. The lowest BCUT2D eigenvalue weighted by molar-refractivity contribution is -0.143. The van der Waals surface area contributed by atoms with E-state index in [1.54, 1.807) is 0 Å². The minimum atomic E-state index is -0.662. The second-order valence-electron chi connectivity index (χ2n) is 22.8. The Kier molecular flexibility index (Phi) is 62.5. The molecule has 0 aliphatic rings. The Hall–Kier alpha value is -2.18. The average molecular weight is 1050 g/mol. The summed E-state index contributed by atoms with van der Waals surface area (Å²) < 4.78 is 5.49. The molecule has 440 valence electrons. The van der Waals surface area contributed by atoms with E-state index in [9.17, 15) is 19.8 Å². The molecule has 6 heteroatoms. The van der Waals surface area contributed by atoms with E-state index in [4.69, 9.17) is 4.74 Å². The average Bonchev–Trinajstić information content (AvgIpc) is 3.41. The number of ether oxygens (including phenoxy) is 1. The molecule has 0 aromatic heterocycles. The number of unbranched alkanes of at least 4 members (excludes halogenated alkanes) is 43. The Balaban J connectivity index is 3.37. The Morgan fingerprint density at radius 2 is 0.667 bits per heavy atom. The third-order valence-electron chi connectivity index (χ3n) is 15.4. The van der Waals surface area contributed by atoms with Gasteiger partial charge in [0.05, 0.1) is 25.4 Å². The third-order valence-corrected chi connectivity index (χ3v) is 15.4. The second-order valence-corrected chi connectivity index (χ2v) is 22.8. The summed E-state index contributed by atoms with van der Waals surface area (Å²) in [5.74, 6) is -0.0306. The number of rotatable bonds is 62. The molecule has 0 saturated heterocycles. The first-order valence-corrected chi connectivity index (χ1v) is 33.4. The fraction of sp³-hybridized carbons (Fsp3) is 0.855. The lowest BCUT2D eigenvalue weighted by atomic mass is 10.0. The maximum Gasteiger partial charge on any atom is 0.305 e. The van der Waals surface area contributed by atoms with Crippen LogP contribution in [0.25, 0.3) is 0 Å². The van der Waals surface area contributed by atoms with Crippen molar-refractivity contribution in [2.75, 3.05) is 13.2 Å². The van der Waals surface area contributed by atoms with Gasteiger partial charge in [-0.1, -0.05) is 300 Å². The van der Waals surface area contributed by atoms with E-state index in [-0.39, 0.29) is 18.5 Å². The fourth-order valence-electron chi connectivity index (χ4n) is 10.2. The van der Waals surface area contributed by atoms with Crippen LogP contribution in [-0.4, -0.2) is 47.4 Å². The molecule has 0 heterocycles. The minimum Gasteiger partial charge on any atom is -0.466 e. The van der Waals surface area contributed by atoms with Gasteiger partial charge in [-0.3, -0.25) is 9.59 Å². The first-order valence-electron chi connectivity index (χ1n) is 33.4. The quantitative estimate of drug-likeness (QED) is 0.0320. The first kappa shape index (κ1) is 72.8. The van der Waals surface area contributed by atoms with Crippen molar-refractivity contribution in [3.63, 3.8) is 0 Å². The molecule has 0 saturated carbocycles. The molecule has 0 rings (SSSR count). The minimum absolute atomic E-state index is 0.00567. The zero-order chi connectivity index (χ0) is 54.3. The van der Waals surface area contributed by atoms with Crippen LogP contribution in [0.15, 0.2) is 48.6 Å². The summed E-state index contributed by atoms with van der Waals surface area (Å²) in [7, 11) is 0. The highest BCUT2D eigenvalue weighted by Crippen LogP contribution is 2.17. The summed E-state index contributed by atoms with van der Waals surface area (Å²) in [5.41, 5.74) is 0. The van der Waals surface area contributed by atoms with E-state index in [1.165, 1.54) is 263 Å². The van der Waals surface area contributed by atoms with E-state index in [1.807, 2.05) is 0 Å². The van der Waals surface area contributed by atoms with Crippen molar-refractivity contribution in [2.45, 2.75) is 366 Å². The van der Waals surface area contributed by atoms with Crippen molar-refractivity contribution in [3.8, 4) is 0 Å². The highest BCUT2D eigenvalue weighted by molar-refractivity contribution is 5.76. The number of allylic oxidation sites excluding steroid dienone is 8. The smallest absolute Gasteiger partial charge is 0.305 e. The highest BCUT2D eigenvalue weighted by atomic mass is 16.5. The number of aliphatic hydroxyl groups excluding tert-OH is 2. The van der Waals surface area contributed by atoms with Gasteiger partial charge in [0.1, 0.15) is 0 Å². The van der Waals surface area contributed by atoms with Crippen LogP contribution >= 0.6 is 0 Å². The number of hydrogen-bond acceptors (Lipinski definition) is 5. The number of carbonyl (C=O) groups is 2. The zero-order valence-corrected chi connectivity index (χ0v) is 50.3. The molecule has 6 nitrogen and oxygen atoms in total. The standard InChI is InChI=1S/C69H129NO5/c1-3-5-7-9-11-13-14-15-16-17-34-37-40-43-47-51-55-59-63-69(74)75-64-60-56-52-48-44-41-38-35-32-30-28-26-24-22-20-18-19-21-23-25-27-29-31-33-36-39-42-46-50-54-58-62-68(73)70-66(65-71)67(72)61-57-53-49-45-12-10-8-6-4-2/h13-14,16-17,20,22,26,28,66-67,71-72H,3-12,15,18-19,21,23-25,27,29-65H2,1-2H3,(H,70,73)/b14-13-,17-16-,22-20-,28-26-. The molecule has 0 bridgehead atoms. The van der Waals surface area contributed by atoms with Gasteiger partial charge in [0.25, 0.3) is 0 Å². The van der Waals surface area contributed by atoms with Crippen molar-refractivity contribution in [1.29, 1.82) is 0 Å². The van der Waals surface area contributed by atoms with Gasteiger partial charge < -0.3 is 20.3 Å². The van der Waals surface area contributed by atoms with E-state index in [0.717, 1.165) is 57.8 Å².